The molecule has 2 aliphatic rings. The highest BCUT2D eigenvalue weighted by Gasteiger charge is 2.23. The first-order chi connectivity index (χ1) is 13.7. The van der Waals surface area contributed by atoms with Crippen molar-refractivity contribution in [3.8, 4) is 0 Å². The molecule has 7 heteroatoms. The van der Waals surface area contributed by atoms with Gasteiger partial charge in [-0.3, -0.25) is 14.5 Å². The van der Waals surface area contributed by atoms with Gasteiger partial charge in [0.25, 0.3) is 5.91 Å². The Morgan fingerprint density at radius 1 is 1.18 bits per heavy atom. The summed E-state index contributed by atoms with van der Waals surface area (Å²) in [6.07, 6.45) is 9.48. The fourth-order valence-corrected chi connectivity index (χ4v) is 4.23. The van der Waals surface area contributed by atoms with E-state index in [4.69, 9.17) is 4.74 Å². The van der Waals surface area contributed by atoms with Gasteiger partial charge in [0.15, 0.2) is 0 Å². The Kier molecular flexibility index (Phi) is 5.90. The molecule has 150 valence electrons. The van der Waals surface area contributed by atoms with Gasteiger partial charge in [-0.15, -0.1) is 0 Å². The minimum atomic E-state index is -0.00706. The summed E-state index contributed by atoms with van der Waals surface area (Å²) in [6.45, 7) is 6.29. The van der Waals surface area contributed by atoms with Crippen LogP contribution >= 0.6 is 0 Å². The van der Waals surface area contributed by atoms with Gasteiger partial charge in [-0.2, -0.15) is 5.10 Å². The number of carbonyl (C=O) groups excluding carboxylic acids is 1. The summed E-state index contributed by atoms with van der Waals surface area (Å²) >= 11 is 0. The lowest BCUT2D eigenvalue weighted by atomic mass is 9.96. The molecule has 0 aromatic carbocycles. The van der Waals surface area contributed by atoms with Gasteiger partial charge in [0.1, 0.15) is 0 Å². The second-order valence-corrected chi connectivity index (χ2v) is 7.78. The van der Waals surface area contributed by atoms with Crippen molar-refractivity contribution in [2.24, 2.45) is 5.92 Å². The number of rotatable bonds is 5. The quantitative estimate of drug-likeness (QED) is 0.859. The summed E-state index contributed by atoms with van der Waals surface area (Å²) in [5.41, 5.74) is 2.88. The van der Waals surface area contributed by atoms with Crippen molar-refractivity contribution < 1.29 is 9.53 Å². The highest BCUT2D eigenvalue weighted by molar-refractivity contribution is 5.95. The number of aromatic nitrogens is 3. The molecule has 28 heavy (non-hydrogen) atoms. The zero-order valence-electron chi connectivity index (χ0n) is 16.5. The smallest absolute Gasteiger partial charge is 0.254 e. The number of pyridine rings is 1. The van der Waals surface area contributed by atoms with E-state index in [0.717, 1.165) is 64.2 Å². The second kappa shape index (κ2) is 8.73. The molecule has 0 unspecified atom stereocenters. The lowest BCUT2D eigenvalue weighted by molar-refractivity contribution is 0.0656. The lowest BCUT2D eigenvalue weighted by Gasteiger charge is -2.33. The van der Waals surface area contributed by atoms with Crippen LogP contribution in [0.5, 0.6) is 0 Å². The minimum absolute atomic E-state index is 0.00706. The van der Waals surface area contributed by atoms with E-state index < -0.39 is 0 Å². The van der Waals surface area contributed by atoms with Gasteiger partial charge < -0.3 is 15.0 Å². The molecule has 4 rings (SSSR count). The lowest BCUT2D eigenvalue weighted by Crippen LogP contribution is -2.38. The molecule has 0 bridgehead atoms. The van der Waals surface area contributed by atoms with Crippen molar-refractivity contribution in [1.29, 1.82) is 0 Å². The molecule has 1 amide bonds. The molecule has 0 aliphatic carbocycles. The number of hydrogen-bond acceptors (Lipinski definition) is 5. The molecule has 2 aromatic rings. The first-order valence-electron chi connectivity index (χ1n) is 10.3. The van der Waals surface area contributed by atoms with Crippen LogP contribution < -0.4 is 10.2 Å². The third-order valence-corrected chi connectivity index (χ3v) is 6.02. The molecular formula is C21H29N5O2. The maximum absolute atomic E-state index is 12.7. The molecule has 2 aliphatic heterocycles. The topological polar surface area (TPSA) is 72.3 Å². The van der Waals surface area contributed by atoms with Gasteiger partial charge in [0, 0.05) is 56.6 Å². The highest BCUT2D eigenvalue weighted by atomic mass is 16.5. The van der Waals surface area contributed by atoms with Crippen molar-refractivity contribution in [2.45, 2.75) is 38.6 Å². The molecule has 2 fully saturated rings. The van der Waals surface area contributed by atoms with Crippen LogP contribution in [-0.2, 0) is 4.74 Å². The molecule has 7 nitrogen and oxygen atoms in total. The standard InChI is InChI=1S/C21H29N5O2/c1-16-20(15-24-26(16)19-6-12-28-13-7-19)21(27)23-14-17-4-10-25(11-5-17)18-2-8-22-9-3-18/h2-3,8-9,15,17,19H,4-7,10-14H2,1H3,(H,23,27). The van der Waals surface area contributed by atoms with Gasteiger partial charge in [0.05, 0.1) is 17.8 Å². The minimum Gasteiger partial charge on any atom is -0.381 e. The number of ether oxygens (including phenoxy) is 1. The molecule has 0 spiro atoms. The van der Waals surface area contributed by atoms with Crippen LogP contribution in [0.1, 0.15) is 47.8 Å². The van der Waals surface area contributed by atoms with Crippen LogP contribution in [-0.4, -0.2) is 53.5 Å². The predicted molar refractivity (Wildman–Crippen MR) is 108 cm³/mol. The van der Waals surface area contributed by atoms with Crippen LogP contribution in [0.3, 0.4) is 0 Å². The largest absolute Gasteiger partial charge is 0.381 e. The number of anilines is 1. The van der Waals surface area contributed by atoms with E-state index >= 15 is 0 Å². The normalized spacial score (nSPS) is 19.0. The fraction of sp³-hybridized carbons (Fsp3) is 0.571. The summed E-state index contributed by atoms with van der Waals surface area (Å²) < 4.78 is 7.43. The Hall–Kier alpha value is -2.41. The molecular weight excluding hydrogens is 354 g/mol. The van der Waals surface area contributed by atoms with E-state index in [2.05, 4.69) is 32.4 Å². The van der Waals surface area contributed by atoms with Crippen LogP contribution in [0, 0.1) is 12.8 Å². The molecule has 0 saturated carbocycles. The number of hydrogen-bond donors (Lipinski definition) is 1. The van der Waals surface area contributed by atoms with E-state index in [1.165, 1.54) is 5.69 Å². The second-order valence-electron chi connectivity index (χ2n) is 7.78. The first kappa shape index (κ1) is 18.9. The number of nitrogens with zero attached hydrogens (tertiary/aromatic N) is 4. The van der Waals surface area contributed by atoms with Crippen molar-refractivity contribution in [1.82, 2.24) is 20.1 Å². The van der Waals surface area contributed by atoms with Gasteiger partial charge >= 0.3 is 0 Å². The van der Waals surface area contributed by atoms with Gasteiger partial charge in [-0.1, -0.05) is 0 Å². The maximum atomic E-state index is 12.7. The Morgan fingerprint density at radius 2 is 1.89 bits per heavy atom. The Balaban J connectivity index is 1.28. The zero-order chi connectivity index (χ0) is 19.3. The SMILES string of the molecule is Cc1c(C(=O)NCC2CCN(c3ccncc3)CC2)cnn1C1CCOCC1. The van der Waals surface area contributed by atoms with Gasteiger partial charge in [-0.05, 0) is 50.7 Å². The predicted octanol–water partition coefficient (Wildman–Crippen LogP) is 2.58. The van der Waals surface area contributed by atoms with E-state index in [9.17, 15) is 4.79 Å². The van der Waals surface area contributed by atoms with Crippen molar-refractivity contribution in [2.75, 3.05) is 37.7 Å². The zero-order valence-corrected chi connectivity index (χ0v) is 16.5. The number of carbonyl (C=O) groups is 1. The first-order valence-corrected chi connectivity index (χ1v) is 10.3. The van der Waals surface area contributed by atoms with E-state index in [1.54, 1.807) is 6.20 Å². The monoisotopic (exact) mass is 383 g/mol. The summed E-state index contributed by atoms with van der Waals surface area (Å²) in [5, 5.41) is 7.62. The third kappa shape index (κ3) is 4.19. The number of nitrogens with one attached hydrogen (secondary N) is 1. The Morgan fingerprint density at radius 3 is 2.61 bits per heavy atom. The summed E-state index contributed by atoms with van der Waals surface area (Å²) in [6, 6.07) is 4.45. The van der Waals surface area contributed by atoms with Crippen LogP contribution in [0.25, 0.3) is 0 Å². The highest BCUT2D eigenvalue weighted by Crippen LogP contribution is 2.24. The summed E-state index contributed by atoms with van der Waals surface area (Å²) in [7, 11) is 0. The van der Waals surface area contributed by atoms with Crippen LogP contribution in [0.15, 0.2) is 30.7 Å². The van der Waals surface area contributed by atoms with Crippen LogP contribution in [0.2, 0.25) is 0 Å². The Labute approximate surface area is 166 Å². The van der Waals surface area contributed by atoms with E-state index in [-0.39, 0.29) is 5.91 Å². The average Bonchev–Trinajstić information content (AvgIpc) is 3.15. The van der Waals surface area contributed by atoms with E-state index in [0.29, 0.717) is 17.5 Å². The fourth-order valence-electron chi connectivity index (χ4n) is 4.23. The van der Waals surface area contributed by atoms with Crippen molar-refractivity contribution in [3.63, 3.8) is 0 Å². The summed E-state index contributed by atoms with van der Waals surface area (Å²) in [4.78, 5) is 19.2. The number of piperidine rings is 1. The van der Waals surface area contributed by atoms with E-state index in [1.807, 2.05) is 24.0 Å². The molecule has 0 atom stereocenters. The number of amides is 1. The third-order valence-electron chi connectivity index (χ3n) is 6.02. The van der Waals surface area contributed by atoms with Crippen LogP contribution in [0.4, 0.5) is 5.69 Å². The molecule has 0 radical (unpaired) electrons. The summed E-state index contributed by atoms with van der Waals surface area (Å²) in [5.74, 6) is 0.514. The average molecular weight is 383 g/mol. The van der Waals surface area contributed by atoms with Gasteiger partial charge in [-0.25, -0.2) is 0 Å². The van der Waals surface area contributed by atoms with Gasteiger partial charge in [0.2, 0.25) is 0 Å². The maximum Gasteiger partial charge on any atom is 0.254 e. The molecule has 4 heterocycles. The molecule has 2 saturated heterocycles. The molecule has 1 N–H and O–H groups in total. The molecule has 2 aromatic heterocycles. The van der Waals surface area contributed by atoms with Crippen molar-refractivity contribution in [3.05, 3.63) is 42.0 Å². The van der Waals surface area contributed by atoms with Crippen molar-refractivity contribution >= 4 is 11.6 Å². The Bertz CT molecular complexity index is 777.